The minimum Gasteiger partial charge on any atom is -0.382 e. The Morgan fingerprint density at radius 3 is 2.68 bits per heavy atom. The molecule has 0 amide bonds. The number of methoxy groups -OCH3 is 1. The Morgan fingerprint density at radius 1 is 1.10 bits per heavy atom. The molecule has 160 valence electrons. The number of pyridine rings is 1. The van der Waals surface area contributed by atoms with E-state index < -0.39 is 0 Å². The number of fused-ring (bicyclic) bond motifs is 2. The van der Waals surface area contributed by atoms with Gasteiger partial charge < -0.3 is 9.30 Å². The van der Waals surface area contributed by atoms with Gasteiger partial charge in [-0.3, -0.25) is 18.9 Å². The minimum absolute atomic E-state index is 0.0646. The summed E-state index contributed by atoms with van der Waals surface area (Å²) in [7, 11) is 1.69. The molecule has 5 rings (SSSR count). The lowest BCUT2D eigenvalue weighted by Gasteiger charge is -2.18. The summed E-state index contributed by atoms with van der Waals surface area (Å²) in [6.07, 6.45) is 6.27. The molecule has 0 radical (unpaired) electrons. The van der Waals surface area contributed by atoms with Crippen molar-refractivity contribution < 1.29 is 4.74 Å². The number of benzene rings is 1. The summed E-state index contributed by atoms with van der Waals surface area (Å²) in [5.41, 5.74) is 2.10. The first-order chi connectivity index (χ1) is 15.1. The van der Waals surface area contributed by atoms with E-state index in [1.54, 1.807) is 30.1 Å². The van der Waals surface area contributed by atoms with E-state index in [4.69, 9.17) is 4.74 Å². The van der Waals surface area contributed by atoms with Crippen LogP contribution in [0.15, 0.2) is 52.3 Å². The number of nitrogens with zero attached hydrogens (tertiary/aromatic N) is 5. The maximum atomic E-state index is 13.3. The Kier molecular flexibility index (Phi) is 4.94. The smallest absolute Gasteiger partial charge is 0.329 e. The first-order valence-corrected chi connectivity index (χ1v) is 10.6. The third kappa shape index (κ3) is 3.46. The summed E-state index contributed by atoms with van der Waals surface area (Å²) in [5.74, 6) is 0.563. The van der Waals surface area contributed by atoms with Crippen LogP contribution in [0.25, 0.3) is 21.9 Å². The lowest BCUT2D eigenvalue weighted by molar-refractivity contribution is 0.107. The molecule has 1 fully saturated rings. The fourth-order valence-corrected chi connectivity index (χ4v) is 4.17. The van der Waals surface area contributed by atoms with Gasteiger partial charge in [0.05, 0.1) is 40.8 Å². The van der Waals surface area contributed by atoms with Crippen molar-refractivity contribution in [1.29, 1.82) is 0 Å². The normalized spacial score (nSPS) is 15.0. The van der Waals surface area contributed by atoms with E-state index in [0.29, 0.717) is 17.8 Å². The molecule has 1 saturated carbocycles. The van der Waals surface area contributed by atoms with Crippen LogP contribution in [0.2, 0.25) is 0 Å². The quantitative estimate of drug-likeness (QED) is 0.460. The van der Waals surface area contributed by atoms with Crippen LogP contribution in [0.5, 0.6) is 0 Å². The van der Waals surface area contributed by atoms with Gasteiger partial charge in [-0.15, -0.1) is 0 Å². The van der Waals surface area contributed by atoms with Crippen LogP contribution in [0.4, 0.5) is 0 Å². The average molecular weight is 419 g/mol. The van der Waals surface area contributed by atoms with Gasteiger partial charge >= 0.3 is 5.69 Å². The number of aryl methyl sites for hydroxylation is 1. The SMILES string of the molecule is COC(C)CCn1c(Cn2c(=O)n(C3CC3)c3ccncc32)nc(=O)c2ccccc21. The molecule has 0 saturated heterocycles. The summed E-state index contributed by atoms with van der Waals surface area (Å²) >= 11 is 0. The van der Waals surface area contributed by atoms with E-state index in [9.17, 15) is 9.59 Å². The third-order valence-corrected chi connectivity index (χ3v) is 6.11. The highest BCUT2D eigenvalue weighted by atomic mass is 16.5. The number of ether oxygens (including phenoxy) is 1. The molecule has 1 aromatic carbocycles. The molecule has 4 aromatic rings. The van der Waals surface area contributed by atoms with Gasteiger partial charge in [-0.05, 0) is 44.4 Å². The van der Waals surface area contributed by atoms with Crippen LogP contribution in [0.3, 0.4) is 0 Å². The van der Waals surface area contributed by atoms with E-state index in [1.807, 2.05) is 40.3 Å². The first kappa shape index (κ1) is 19.7. The second kappa shape index (κ2) is 7.77. The predicted molar refractivity (Wildman–Crippen MR) is 118 cm³/mol. The molecule has 8 nitrogen and oxygen atoms in total. The lowest BCUT2D eigenvalue weighted by atomic mass is 10.2. The predicted octanol–water partition coefficient (Wildman–Crippen LogP) is 2.72. The van der Waals surface area contributed by atoms with Gasteiger partial charge in [-0.2, -0.15) is 4.98 Å². The fraction of sp³-hybridized carbons (Fsp3) is 0.391. The highest BCUT2D eigenvalue weighted by Gasteiger charge is 2.29. The number of para-hydroxylation sites is 1. The van der Waals surface area contributed by atoms with Crippen LogP contribution >= 0.6 is 0 Å². The summed E-state index contributed by atoms with van der Waals surface area (Å²) in [4.78, 5) is 34.7. The number of imidazole rings is 1. The van der Waals surface area contributed by atoms with Gasteiger partial charge in [-0.1, -0.05) is 12.1 Å². The number of hydrogen-bond acceptors (Lipinski definition) is 5. The molecule has 1 unspecified atom stereocenters. The molecule has 1 aliphatic rings. The van der Waals surface area contributed by atoms with Crippen molar-refractivity contribution >= 4 is 21.9 Å². The van der Waals surface area contributed by atoms with E-state index in [0.717, 1.165) is 35.8 Å². The van der Waals surface area contributed by atoms with Gasteiger partial charge in [0.2, 0.25) is 0 Å². The molecule has 0 spiro atoms. The molecule has 8 heteroatoms. The average Bonchev–Trinajstić information content (AvgIpc) is 3.58. The number of hydrogen-bond donors (Lipinski definition) is 0. The van der Waals surface area contributed by atoms with E-state index in [1.165, 1.54) is 0 Å². The van der Waals surface area contributed by atoms with Gasteiger partial charge in [-0.25, -0.2) is 4.79 Å². The summed E-state index contributed by atoms with van der Waals surface area (Å²) in [6, 6.07) is 9.60. The summed E-state index contributed by atoms with van der Waals surface area (Å²) in [6.45, 7) is 2.85. The zero-order valence-electron chi connectivity index (χ0n) is 17.7. The first-order valence-electron chi connectivity index (χ1n) is 10.6. The second-order valence-corrected chi connectivity index (χ2v) is 8.17. The van der Waals surface area contributed by atoms with Crippen LogP contribution in [-0.4, -0.2) is 36.9 Å². The van der Waals surface area contributed by atoms with E-state index in [2.05, 4.69) is 9.97 Å². The molecule has 3 aromatic heterocycles. The third-order valence-electron chi connectivity index (χ3n) is 6.11. The maximum Gasteiger partial charge on any atom is 0.329 e. The minimum atomic E-state index is -0.279. The molecule has 0 bridgehead atoms. The van der Waals surface area contributed by atoms with Crippen LogP contribution in [0, 0.1) is 0 Å². The Morgan fingerprint density at radius 2 is 1.90 bits per heavy atom. The molecule has 1 aliphatic carbocycles. The fourth-order valence-electron chi connectivity index (χ4n) is 4.17. The van der Waals surface area contributed by atoms with Crippen molar-refractivity contribution in [3.8, 4) is 0 Å². The second-order valence-electron chi connectivity index (χ2n) is 8.17. The van der Waals surface area contributed by atoms with Gasteiger partial charge in [0.1, 0.15) is 5.82 Å². The maximum absolute atomic E-state index is 13.3. The summed E-state index contributed by atoms with van der Waals surface area (Å²) < 4.78 is 11.0. The molecular weight excluding hydrogens is 394 g/mol. The van der Waals surface area contributed by atoms with Crippen molar-refractivity contribution in [3.05, 3.63) is 69.4 Å². The molecule has 3 heterocycles. The number of rotatable bonds is 7. The zero-order valence-corrected chi connectivity index (χ0v) is 17.7. The topological polar surface area (TPSA) is 83.9 Å². The van der Waals surface area contributed by atoms with E-state index >= 15 is 0 Å². The zero-order chi connectivity index (χ0) is 21.5. The Labute approximate surface area is 178 Å². The summed E-state index contributed by atoms with van der Waals surface area (Å²) in [5, 5.41) is 0.575. The van der Waals surface area contributed by atoms with E-state index in [-0.39, 0.29) is 29.9 Å². The van der Waals surface area contributed by atoms with Crippen LogP contribution in [-0.2, 0) is 17.8 Å². The standard InChI is InChI=1S/C23H25N5O3/c1-15(31-2)10-12-26-18-6-4-3-5-17(18)22(29)25-21(26)14-27-20-13-24-11-9-19(20)28(23(27)30)16-7-8-16/h3-6,9,11,13,15-16H,7-8,10,12,14H2,1-2H3. The lowest BCUT2D eigenvalue weighted by Crippen LogP contribution is -2.28. The Hall–Kier alpha value is -3.26. The molecular formula is C23H25N5O3. The van der Waals surface area contributed by atoms with Crippen molar-refractivity contribution in [2.45, 2.75) is 51.4 Å². The molecule has 31 heavy (non-hydrogen) atoms. The van der Waals surface area contributed by atoms with Crippen molar-refractivity contribution in [2.75, 3.05) is 7.11 Å². The van der Waals surface area contributed by atoms with Crippen LogP contribution in [0.1, 0.15) is 38.1 Å². The monoisotopic (exact) mass is 419 g/mol. The van der Waals surface area contributed by atoms with Crippen molar-refractivity contribution in [2.24, 2.45) is 0 Å². The Bertz CT molecular complexity index is 1380. The van der Waals surface area contributed by atoms with Gasteiger partial charge in [0.15, 0.2) is 0 Å². The highest BCUT2D eigenvalue weighted by Crippen LogP contribution is 2.36. The molecule has 1 atom stereocenters. The van der Waals surface area contributed by atoms with Gasteiger partial charge in [0, 0.05) is 25.9 Å². The molecule has 0 N–H and O–H groups in total. The molecule has 0 aliphatic heterocycles. The highest BCUT2D eigenvalue weighted by molar-refractivity contribution is 5.78. The largest absolute Gasteiger partial charge is 0.382 e. The number of aromatic nitrogens is 5. The van der Waals surface area contributed by atoms with Crippen molar-refractivity contribution in [3.63, 3.8) is 0 Å². The van der Waals surface area contributed by atoms with Crippen molar-refractivity contribution in [1.82, 2.24) is 23.7 Å². The Balaban J connectivity index is 1.67. The van der Waals surface area contributed by atoms with Crippen LogP contribution < -0.4 is 11.2 Å². The van der Waals surface area contributed by atoms with Gasteiger partial charge in [0.25, 0.3) is 5.56 Å².